The van der Waals surface area contributed by atoms with E-state index in [-0.39, 0.29) is 28.0 Å². The van der Waals surface area contributed by atoms with Crippen LogP contribution in [0.4, 0.5) is 15.8 Å². The third-order valence-electron chi connectivity index (χ3n) is 6.19. The molecule has 0 saturated heterocycles. The van der Waals surface area contributed by atoms with Crippen LogP contribution in [0.15, 0.2) is 48.5 Å². The molecule has 0 aliphatic heterocycles. The van der Waals surface area contributed by atoms with E-state index in [0.717, 1.165) is 25.7 Å². The molecule has 1 aromatic heterocycles. The maximum Gasteiger partial charge on any atom is 0.273 e. The first-order chi connectivity index (χ1) is 17.8. The lowest BCUT2D eigenvalue weighted by atomic mass is 10.0. The zero-order valence-electron chi connectivity index (χ0n) is 20.3. The third-order valence-corrected chi connectivity index (χ3v) is 7.05. The normalized spacial score (nSPS) is 14.2. The van der Waals surface area contributed by atoms with Gasteiger partial charge in [0.15, 0.2) is 5.69 Å². The number of carbonyl (C=O) groups excluding carboxylic acids is 3. The lowest BCUT2D eigenvalue weighted by molar-refractivity contribution is -0.123. The molecule has 11 heteroatoms. The average molecular weight is 526 g/mol. The number of rotatable bonds is 9. The molecular formula is C26H28FN5O4S. The smallest absolute Gasteiger partial charge is 0.273 e. The Bertz CT molecular complexity index is 1270. The van der Waals surface area contributed by atoms with Crippen LogP contribution in [0.2, 0.25) is 0 Å². The van der Waals surface area contributed by atoms with E-state index < -0.39 is 29.6 Å². The molecule has 3 amide bonds. The van der Waals surface area contributed by atoms with Crippen LogP contribution in [0, 0.1) is 5.82 Å². The summed E-state index contributed by atoms with van der Waals surface area (Å²) < 4.78 is 23.3. The van der Waals surface area contributed by atoms with E-state index in [4.69, 9.17) is 16.2 Å². The van der Waals surface area contributed by atoms with Gasteiger partial charge in [0.2, 0.25) is 5.91 Å². The van der Waals surface area contributed by atoms with Gasteiger partial charge in [-0.15, -0.1) is 0 Å². The number of primary amides is 1. The summed E-state index contributed by atoms with van der Waals surface area (Å²) in [7, 11) is 0. The Hall–Kier alpha value is -3.99. The second kappa shape index (κ2) is 11.4. The summed E-state index contributed by atoms with van der Waals surface area (Å²) in [5.74, 6) is -1.83. The Balaban J connectivity index is 1.83. The van der Waals surface area contributed by atoms with Gasteiger partial charge in [0.1, 0.15) is 22.5 Å². The number of carbonyl (C=O) groups is 3. The predicted molar refractivity (Wildman–Crippen MR) is 139 cm³/mol. The molecule has 1 heterocycles. The molecule has 1 aliphatic rings. The van der Waals surface area contributed by atoms with Crippen molar-refractivity contribution in [2.75, 3.05) is 17.2 Å². The van der Waals surface area contributed by atoms with E-state index in [9.17, 15) is 18.8 Å². The van der Waals surface area contributed by atoms with Gasteiger partial charge in [0, 0.05) is 11.7 Å². The van der Waals surface area contributed by atoms with Crippen molar-refractivity contribution in [3.8, 4) is 5.75 Å². The summed E-state index contributed by atoms with van der Waals surface area (Å²) in [6.45, 7) is 2.33. The number of nitrogens with zero attached hydrogens (tertiary/aromatic N) is 2. The van der Waals surface area contributed by atoms with Crippen molar-refractivity contribution in [2.24, 2.45) is 5.73 Å². The zero-order valence-corrected chi connectivity index (χ0v) is 21.1. The van der Waals surface area contributed by atoms with Crippen molar-refractivity contribution in [1.29, 1.82) is 0 Å². The van der Waals surface area contributed by atoms with Crippen LogP contribution < -0.4 is 26.4 Å². The van der Waals surface area contributed by atoms with E-state index in [0.29, 0.717) is 29.5 Å². The Kier molecular flexibility index (Phi) is 8.02. The molecule has 5 N–H and O–H groups in total. The molecule has 1 unspecified atom stereocenters. The molecule has 1 fully saturated rings. The molecule has 3 aromatic rings. The third kappa shape index (κ3) is 5.72. The monoisotopic (exact) mass is 525 g/mol. The molecule has 9 nitrogen and oxygen atoms in total. The fraction of sp³-hybridized carbons (Fsp3) is 0.308. The first-order valence-corrected chi connectivity index (χ1v) is 12.7. The molecule has 1 saturated carbocycles. The molecule has 2 aromatic carbocycles. The summed E-state index contributed by atoms with van der Waals surface area (Å²) in [5, 5.41) is 3.07. The van der Waals surface area contributed by atoms with Crippen LogP contribution in [0.3, 0.4) is 0 Å². The van der Waals surface area contributed by atoms with Crippen LogP contribution in [0.1, 0.15) is 64.4 Å². The van der Waals surface area contributed by atoms with Crippen LogP contribution in [-0.2, 0) is 4.79 Å². The number of nitrogens with two attached hydrogens (primary N) is 2. The molecule has 0 spiro atoms. The summed E-state index contributed by atoms with van der Waals surface area (Å²) in [6, 6.07) is 10.9. The minimum absolute atomic E-state index is 0.0159. The second-order valence-electron chi connectivity index (χ2n) is 8.68. The summed E-state index contributed by atoms with van der Waals surface area (Å²) in [5.41, 5.74) is 11.8. The number of anilines is 2. The van der Waals surface area contributed by atoms with Gasteiger partial charge >= 0.3 is 0 Å². The maximum atomic E-state index is 14.0. The summed E-state index contributed by atoms with van der Waals surface area (Å²) in [4.78, 5) is 40.7. The largest absolute Gasteiger partial charge is 0.494 e. The van der Waals surface area contributed by atoms with Crippen molar-refractivity contribution in [1.82, 2.24) is 9.69 Å². The fourth-order valence-corrected chi connectivity index (χ4v) is 5.15. The minimum atomic E-state index is -1.13. The number of nitrogens with one attached hydrogen (secondary N) is 1. The Morgan fingerprint density at radius 1 is 1.14 bits per heavy atom. The summed E-state index contributed by atoms with van der Waals surface area (Å²) in [6.07, 6.45) is 3.70. The fourth-order valence-electron chi connectivity index (χ4n) is 4.40. The van der Waals surface area contributed by atoms with Crippen molar-refractivity contribution in [3.63, 3.8) is 0 Å². The van der Waals surface area contributed by atoms with Crippen molar-refractivity contribution in [3.05, 3.63) is 70.5 Å². The second-order valence-corrected chi connectivity index (χ2v) is 9.46. The highest BCUT2D eigenvalue weighted by molar-refractivity contribution is 7.09. The van der Waals surface area contributed by atoms with Gasteiger partial charge in [-0.2, -0.15) is 4.37 Å². The topological polar surface area (TPSA) is 141 Å². The van der Waals surface area contributed by atoms with Gasteiger partial charge in [0.05, 0.1) is 12.3 Å². The number of hydrogen-bond acceptors (Lipinski definition) is 7. The standard InChI is InChI=1S/C26H28FN5O4S/c1-2-36-19-13-7-15(8-14-19)22(25(34)30-17-5-3-4-6-17)32(18-11-9-16(27)10-12-18)26(35)23-20(28)21(24(29)33)31-37-23/h7-14,17,22H,2-6,28H2,1H3,(H2,29,33)(H,30,34). The highest BCUT2D eigenvalue weighted by Gasteiger charge is 2.37. The number of halogens is 1. The van der Waals surface area contributed by atoms with Gasteiger partial charge in [-0.3, -0.25) is 19.3 Å². The zero-order chi connectivity index (χ0) is 26.5. The summed E-state index contributed by atoms with van der Waals surface area (Å²) >= 11 is 0.712. The minimum Gasteiger partial charge on any atom is -0.494 e. The van der Waals surface area contributed by atoms with Gasteiger partial charge in [-0.1, -0.05) is 25.0 Å². The van der Waals surface area contributed by atoms with Crippen molar-refractivity contribution < 1.29 is 23.5 Å². The first kappa shape index (κ1) is 26.1. The number of amides is 3. The van der Waals surface area contributed by atoms with Crippen LogP contribution in [0.5, 0.6) is 5.75 Å². The number of ether oxygens (including phenoxy) is 1. The molecule has 4 rings (SSSR count). The number of nitrogen functional groups attached to an aromatic ring is 1. The molecule has 37 heavy (non-hydrogen) atoms. The number of aromatic nitrogens is 1. The Morgan fingerprint density at radius 2 is 1.78 bits per heavy atom. The van der Waals surface area contributed by atoms with E-state index in [2.05, 4.69) is 9.69 Å². The van der Waals surface area contributed by atoms with Crippen LogP contribution >= 0.6 is 11.5 Å². The molecule has 0 bridgehead atoms. The van der Waals surface area contributed by atoms with Gasteiger partial charge in [-0.05, 0) is 73.3 Å². The maximum absolute atomic E-state index is 14.0. The van der Waals surface area contributed by atoms with Crippen LogP contribution in [-0.4, -0.2) is 34.7 Å². The van der Waals surface area contributed by atoms with Crippen LogP contribution in [0.25, 0.3) is 0 Å². The molecular weight excluding hydrogens is 497 g/mol. The lowest BCUT2D eigenvalue weighted by Gasteiger charge is -2.32. The first-order valence-electron chi connectivity index (χ1n) is 12.0. The highest BCUT2D eigenvalue weighted by atomic mass is 32.1. The highest BCUT2D eigenvalue weighted by Crippen LogP contribution is 2.34. The van der Waals surface area contributed by atoms with Gasteiger partial charge in [-0.25, -0.2) is 4.39 Å². The van der Waals surface area contributed by atoms with E-state index in [1.165, 1.54) is 29.2 Å². The SMILES string of the molecule is CCOc1ccc(C(C(=O)NC2CCCC2)N(C(=O)c2snc(C(N)=O)c2N)c2ccc(F)cc2)cc1. The lowest BCUT2D eigenvalue weighted by Crippen LogP contribution is -2.46. The van der Waals surface area contributed by atoms with E-state index in [1.54, 1.807) is 24.3 Å². The number of hydrogen-bond donors (Lipinski definition) is 3. The Morgan fingerprint density at radius 3 is 2.35 bits per heavy atom. The van der Waals surface area contributed by atoms with Gasteiger partial charge < -0.3 is 21.5 Å². The van der Waals surface area contributed by atoms with Gasteiger partial charge in [0.25, 0.3) is 11.8 Å². The van der Waals surface area contributed by atoms with E-state index >= 15 is 0 Å². The van der Waals surface area contributed by atoms with E-state index in [1.807, 2.05) is 6.92 Å². The number of benzene rings is 2. The van der Waals surface area contributed by atoms with Crippen molar-refractivity contribution >= 4 is 40.6 Å². The average Bonchev–Trinajstić information content (AvgIpc) is 3.53. The predicted octanol–water partition coefficient (Wildman–Crippen LogP) is 3.81. The Labute approximate surface area is 217 Å². The molecule has 1 aliphatic carbocycles. The quantitative estimate of drug-likeness (QED) is 0.388. The molecule has 194 valence electrons. The molecule has 1 atom stereocenters. The van der Waals surface area contributed by atoms with Crippen molar-refractivity contribution in [2.45, 2.75) is 44.7 Å². The molecule has 0 radical (unpaired) electrons.